The van der Waals surface area contributed by atoms with Crippen molar-refractivity contribution in [1.29, 1.82) is 0 Å². The lowest BCUT2D eigenvalue weighted by atomic mass is 10.1. The highest BCUT2D eigenvalue weighted by atomic mass is 35.5. The summed E-state index contributed by atoms with van der Waals surface area (Å²) in [6.07, 6.45) is 0.970. The van der Waals surface area contributed by atoms with Gasteiger partial charge in [-0.25, -0.2) is 4.39 Å². The van der Waals surface area contributed by atoms with Crippen LogP contribution >= 0.6 is 34.8 Å². The van der Waals surface area contributed by atoms with Crippen LogP contribution in [-0.2, 0) is 0 Å². The predicted octanol–water partition coefficient (Wildman–Crippen LogP) is 4.14. The van der Waals surface area contributed by atoms with Crippen molar-refractivity contribution in [2.24, 2.45) is 0 Å². The van der Waals surface area contributed by atoms with Gasteiger partial charge in [-0.15, -0.1) is 0 Å². The maximum atomic E-state index is 13.1. The second kappa shape index (κ2) is 4.69. The number of benzene rings is 1. The highest BCUT2D eigenvalue weighted by Gasteiger charge is 2.13. The van der Waals surface area contributed by atoms with Gasteiger partial charge < -0.3 is 4.98 Å². The molecule has 0 saturated carbocycles. The molecule has 2 aromatic rings. The Morgan fingerprint density at radius 3 is 2.47 bits per heavy atom. The van der Waals surface area contributed by atoms with Crippen LogP contribution in [0.4, 0.5) is 4.39 Å². The molecule has 2 nitrogen and oxygen atoms in total. The van der Waals surface area contributed by atoms with Crippen LogP contribution in [-0.4, -0.2) is 4.98 Å². The fraction of sp³-hybridized carbons (Fsp3) is 0. The molecule has 1 N–H and O–H groups in total. The van der Waals surface area contributed by atoms with Crippen LogP contribution in [0.3, 0.4) is 0 Å². The molecule has 0 aliphatic heterocycles. The van der Waals surface area contributed by atoms with Gasteiger partial charge in [0.15, 0.2) is 0 Å². The normalized spacial score (nSPS) is 10.6. The molecule has 0 unspecified atom stereocenters. The minimum absolute atomic E-state index is 0.105. The van der Waals surface area contributed by atoms with Crippen LogP contribution in [0.25, 0.3) is 11.1 Å². The largest absolute Gasteiger partial charge is 0.326 e. The smallest absolute Gasteiger partial charge is 0.256 e. The third kappa shape index (κ3) is 2.32. The van der Waals surface area contributed by atoms with Crippen LogP contribution in [0.5, 0.6) is 0 Å². The molecule has 88 valence electrons. The molecular formula is C11H5Cl3FNO. The van der Waals surface area contributed by atoms with Gasteiger partial charge in [0.25, 0.3) is 5.56 Å². The summed E-state index contributed by atoms with van der Waals surface area (Å²) in [6, 6.07) is 4.10. The summed E-state index contributed by atoms with van der Waals surface area (Å²) in [7, 11) is 0. The molecule has 0 fully saturated rings. The number of aromatic nitrogens is 1. The Hall–Kier alpha value is -1.03. The van der Waals surface area contributed by atoms with E-state index in [1.54, 1.807) is 0 Å². The molecule has 0 atom stereocenters. The van der Waals surface area contributed by atoms with Crippen molar-refractivity contribution in [3.63, 3.8) is 0 Å². The summed E-state index contributed by atoms with van der Waals surface area (Å²) in [4.78, 5) is 13.8. The summed E-state index contributed by atoms with van der Waals surface area (Å²) in [5.74, 6) is -0.568. The number of nitrogens with one attached hydrogen (secondary N) is 1. The van der Waals surface area contributed by atoms with Crippen LogP contribution in [0.15, 0.2) is 29.2 Å². The molecule has 0 radical (unpaired) electrons. The Kier molecular flexibility index (Phi) is 3.43. The van der Waals surface area contributed by atoms with Gasteiger partial charge in [-0.2, -0.15) is 0 Å². The van der Waals surface area contributed by atoms with Gasteiger partial charge in [-0.1, -0.05) is 40.9 Å². The number of aromatic amines is 1. The van der Waals surface area contributed by atoms with Gasteiger partial charge in [0.1, 0.15) is 5.82 Å². The zero-order valence-electron chi connectivity index (χ0n) is 8.23. The van der Waals surface area contributed by atoms with Crippen LogP contribution in [0.2, 0.25) is 15.1 Å². The number of halogens is 4. The van der Waals surface area contributed by atoms with Crippen molar-refractivity contribution in [2.45, 2.75) is 0 Å². The van der Waals surface area contributed by atoms with E-state index >= 15 is 0 Å². The van der Waals surface area contributed by atoms with Crippen molar-refractivity contribution in [1.82, 2.24) is 4.98 Å². The van der Waals surface area contributed by atoms with Gasteiger partial charge in [0.2, 0.25) is 0 Å². The zero-order chi connectivity index (χ0) is 12.6. The summed E-state index contributed by atoms with van der Waals surface area (Å²) in [5.41, 5.74) is -0.0120. The van der Waals surface area contributed by atoms with E-state index in [0.717, 1.165) is 12.3 Å². The number of hydrogen-bond acceptors (Lipinski definition) is 1. The molecular weight excluding hydrogens is 287 g/mol. The van der Waals surface area contributed by atoms with Crippen molar-refractivity contribution >= 4 is 34.8 Å². The highest BCUT2D eigenvalue weighted by molar-refractivity contribution is 6.49. The minimum atomic E-state index is -0.568. The van der Waals surface area contributed by atoms with Gasteiger partial charge in [-0.05, 0) is 12.1 Å². The van der Waals surface area contributed by atoms with Crippen LogP contribution < -0.4 is 5.56 Å². The first kappa shape index (κ1) is 12.4. The maximum Gasteiger partial charge on any atom is 0.256 e. The zero-order valence-corrected chi connectivity index (χ0v) is 10.5. The van der Waals surface area contributed by atoms with E-state index in [1.165, 1.54) is 12.1 Å². The lowest BCUT2D eigenvalue weighted by Crippen LogP contribution is -2.08. The van der Waals surface area contributed by atoms with E-state index in [0.29, 0.717) is 5.56 Å². The van der Waals surface area contributed by atoms with Gasteiger partial charge in [-0.3, -0.25) is 4.79 Å². The molecule has 6 heteroatoms. The molecule has 1 aromatic heterocycles. The van der Waals surface area contributed by atoms with Crippen molar-refractivity contribution in [3.05, 3.63) is 55.6 Å². The van der Waals surface area contributed by atoms with Gasteiger partial charge in [0.05, 0.1) is 20.6 Å². The van der Waals surface area contributed by atoms with Gasteiger partial charge >= 0.3 is 0 Å². The molecule has 2 rings (SSSR count). The number of hydrogen-bond donors (Lipinski definition) is 1. The van der Waals surface area contributed by atoms with Gasteiger partial charge in [0, 0.05) is 11.8 Å². The SMILES string of the molecule is O=c1[nH]cc(F)cc1-c1ccc(Cl)c(Cl)c1Cl. The fourth-order valence-electron chi connectivity index (χ4n) is 1.39. The highest BCUT2D eigenvalue weighted by Crippen LogP contribution is 2.36. The summed E-state index contributed by atoms with van der Waals surface area (Å²) in [5, 5.41) is 0.526. The molecule has 1 heterocycles. The molecule has 0 bridgehead atoms. The van der Waals surface area contributed by atoms with E-state index in [4.69, 9.17) is 34.8 Å². The summed E-state index contributed by atoms with van der Waals surface area (Å²) >= 11 is 17.6. The molecule has 0 spiro atoms. The van der Waals surface area contributed by atoms with E-state index < -0.39 is 11.4 Å². The Bertz CT molecular complexity index is 639. The first-order valence-electron chi connectivity index (χ1n) is 4.53. The third-order valence-electron chi connectivity index (χ3n) is 2.19. The standard InChI is InChI=1S/C11H5Cl3FNO/c12-8-2-1-6(9(13)10(8)14)7-3-5(15)4-16-11(7)17/h1-4H,(H,16,17). The monoisotopic (exact) mass is 291 g/mol. The fourth-order valence-corrected chi connectivity index (χ4v) is 2.03. The Balaban J connectivity index is 2.73. The quantitative estimate of drug-likeness (QED) is 0.787. The summed E-state index contributed by atoms with van der Waals surface area (Å²) < 4.78 is 13.1. The Labute approximate surface area is 111 Å². The second-order valence-electron chi connectivity index (χ2n) is 3.28. The molecule has 17 heavy (non-hydrogen) atoms. The maximum absolute atomic E-state index is 13.1. The molecule has 0 aliphatic rings. The number of H-pyrrole nitrogens is 1. The minimum Gasteiger partial charge on any atom is -0.326 e. The van der Waals surface area contributed by atoms with E-state index in [1.807, 2.05) is 0 Å². The number of rotatable bonds is 1. The molecule has 1 aromatic carbocycles. The number of pyridine rings is 1. The summed E-state index contributed by atoms with van der Waals surface area (Å²) in [6.45, 7) is 0. The topological polar surface area (TPSA) is 32.9 Å². The predicted molar refractivity (Wildman–Crippen MR) is 67.5 cm³/mol. The lowest BCUT2D eigenvalue weighted by Gasteiger charge is -2.06. The van der Waals surface area contributed by atoms with E-state index in [2.05, 4.69) is 4.98 Å². The van der Waals surface area contributed by atoms with Crippen LogP contribution in [0.1, 0.15) is 0 Å². The van der Waals surface area contributed by atoms with Crippen LogP contribution in [0, 0.1) is 5.82 Å². The Morgan fingerprint density at radius 1 is 1.06 bits per heavy atom. The first-order chi connectivity index (χ1) is 8.00. The third-order valence-corrected chi connectivity index (χ3v) is 3.49. The molecule has 0 saturated heterocycles. The average molecular weight is 293 g/mol. The molecule has 0 aliphatic carbocycles. The first-order valence-corrected chi connectivity index (χ1v) is 5.66. The van der Waals surface area contributed by atoms with E-state index in [9.17, 15) is 9.18 Å². The lowest BCUT2D eigenvalue weighted by molar-refractivity contribution is 0.621. The molecule has 0 amide bonds. The average Bonchev–Trinajstić information content (AvgIpc) is 2.30. The second-order valence-corrected chi connectivity index (χ2v) is 4.45. The van der Waals surface area contributed by atoms with Crippen molar-refractivity contribution in [2.75, 3.05) is 0 Å². The van der Waals surface area contributed by atoms with E-state index in [-0.39, 0.29) is 20.6 Å². The van der Waals surface area contributed by atoms with Crippen molar-refractivity contribution in [3.8, 4) is 11.1 Å². The Morgan fingerprint density at radius 2 is 1.76 bits per heavy atom. The van der Waals surface area contributed by atoms with Crippen molar-refractivity contribution < 1.29 is 4.39 Å².